The zero-order valence-corrected chi connectivity index (χ0v) is 16.1. The van der Waals surface area contributed by atoms with Crippen LogP contribution in [-0.4, -0.2) is 46.8 Å². The highest BCUT2D eigenvalue weighted by Gasteiger charge is 2.13. The smallest absolute Gasteiger partial charge is 0.239 e. The van der Waals surface area contributed by atoms with Gasteiger partial charge >= 0.3 is 0 Å². The Bertz CT molecular complexity index is 816. The summed E-state index contributed by atoms with van der Waals surface area (Å²) < 4.78 is 1.81. The summed E-state index contributed by atoms with van der Waals surface area (Å²) in [6.45, 7) is 2.98. The molecule has 1 aromatic carbocycles. The maximum absolute atomic E-state index is 12.5. The summed E-state index contributed by atoms with van der Waals surface area (Å²) in [4.78, 5) is 15.8. The van der Waals surface area contributed by atoms with Crippen LogP contribution in [0.15, 0.2) is 60.1 Å². The Kier molecular flexibility index (Phi) is 7.15. The molecule has 0 saturated heterocycles. The maximum Gasteiger partial charge on any atom is 0.239 e. The van der Waals surface area contributed by atoms with Crippen molar-refractivity contribution in [1.82, 2.24) is 14.7 Å². The van der Waals surface area contributed by atoms with Gasteiger partial charge in [-0.3, -0.25) is 9.69 Å². The van der Waals surface area contributed by atoms with Crippen LogP contribution in [0.1, 0.15) is 10.4 Å². The lowest BCUT2D eigenvalue weighted by Gasteiger charge is -2.21. The van der Waals surface area contributed by atoms with Crippen LogP contribution in [0.3, 0.4) is 0 Å². The molecule has 0 aliphatic carbocycles. The van der Waals surface area contributed by atoms with Gasteiger partial charge in [0.15, 0.2) is 0 Å². The van der Waals surface area contributed by atoms with Crippen LogP contribution in [0, 0.1) is 0 Å². The van der Waals surface area contributed by atoms with Gasteiger partial charge in [0.05, 0.1) is 19.3 Å². The van der Waals surface area contributed by atoms with E-state index in [2.05, 4.69) is 33.5 Å². The van der Waals surface area contributed by atoms with Crippen molar-refractivity contribution < 1.29 is 4.79 Å². The zero-order chi connectivity index (χ0) is 18.9. The van der Waals surface area contributed by atoms with Crippen molar-refractivity contribution in [3.05, 3.63) is 70.5 Å². The van der Waals surface area contributed by atoms with Crippen LogP contribution in [0.4, 0.5) is 5.82 Å². The molecule has 0 unspecified atom stereocenters. The number of benzene rings is 1. The lowest BCUT2D eigenvalue weighted by Crippen LogP contribution is -2.38. The molecule has 142 valence electrons. The molecule has 0 bridgehead atoms. The van der Waals surface area contributed by atoms with E-state index in [-0.39, 0.29) is 5.91 Å². The van der Waals surface area contributed by atoms with Gasteiger partial charge in [0.1, 0.15) is 5.82 Å². The van der Waals surface area contributed by atoms with Crippen LogP contribution in [0.2, 0.25) is 0 Å². The molecule has 7 heteroatoms. The first-order valence-electron chi connectivity index (χ1n) is 9.05. The van der Waals surface area contributed by atoms with E-state index in [1.165, 1.54) is 10.4 Å². The number of rotatable bonds is 10. The number of thiophene rings is 1. The van der Waals surface area contributed by atoms with Crippen LogP contribution in [0.25, 0.3) is 0 Å². The minimum atomic E-state index is -0.0514. The highest BCUT2D eigenvalue weighted by atomic mass is 32.1. The van der Waals surface area contributed by atoms with Gasteiger partial charge < -0.3 is 11.1 Å². The second-order valence-corrected chi connectivity index (χ2v) is 7.33. The first kappa shape index (κ1) is 19.3. The quantitative estimate of drug-likeness (QED) is 0.564. The number of nitrogens with one attached hydrogen (secondary N) is 1. The standard InChI is InChI=1S/C20H25N5OS/c21-10-13-24(12-9-17-5-2-1-3-6-17)16-20(26)23-19-8-11-22-25(19)15-18-7-4-14-27-18/h1-8,11,14H,9-10,12-13,15-16,21H2,(H,23,26). The largest absolute Gasteiger partial charge is 0.329 e. The van der Waals surface area contributed by atoms with Crippen LogP contribution in [0.5, 0.6) is 0 Å². The second-order valence-electron chi connectivity index (χ2n) is 6.30. The number of carbonyl (C=O) groups excluding carboxylic acids is 1. The number of hydrogen-bond acceptors (Lipinski definition) is 5. The molecule has 0 fully saturated rings. The Labute approximate surface area is 163 Å². The molecule has 3 aromatic rings. The predicted octanol–water partition coefficient (Wildman–Crippen LogP) is 2.43. The average molecular weight is 384 g/mol. The molecule has 27 heavy (non-hydrogen) atoms. The molecule has 3 rings (SSSR count). The topological polar surface area (TPSA) is 76.2 Å². The Hall–Kier alpha value is -2.48. The SMILES string of the molecule is NCCN(CCc1ccccc1)CC(=O)Nc1ccnn1Cc1cccs1. The number of carbonyl (C=O) groups is 1. The molecule has 0 atom stereocenters. The highest BCUT2D eigenvalue weighted by Crippen LogP contribution is 2.14. The average Bonchev–Trinajstić information content (AvgIpc) is 3.34. The van der Waals surface area contributed by atoms with E-state index >= 15 is 0 Å². The third-order valence-electron chi connectivity index (χ3n) is 4.24. The highest BCUT2D eigenvalue weighted by molar-refractivity contribution is 7.09. The summed E-state index contributed by atoms with van der Waals surface area (Å²) in [5, 5.41) is 9.32. The minimum Gasteiger partial charge on any atom is -0.329 e. The first-order valence-corrected chi connectivity index (χ1v) is 9.93. The van der Waals surface area contributed by atoms with Crippen molar-refractivity contribution >= 4 is 23.1 Å². The van der Waals surface area contributed by atoms with Crippen molar-refractivity contribution in [2.24, 2.45) is 5.73 Å². The van der Waals surface area contributed by atoms with E-state index in [1.54, 1.807) is 22.2 Å². The maximum atomic E-state index is 12.5. The van der Waals surface area contributed by atoms with Crippen LogP contribution in [-0.2, 0) is 17.8 Å². The molecular weight excluding hydrogens is 358 g/mol. The molecule has 2 aromatic heterocycles. The summed E-state index contributed by atoms with van der Waals surface area (Å²) in [6.07, 6.45) is 2.60. The van der Waals surface area contributed by atoms with Crippen molar-refractivity contribution in [2.75, 3.05) is 31.5 Å². The number of hydrogen-bond donors (Lipinski definition) is 2. The van der Waals surface area contributed by atoms with Gasteiger partial charge in [-0.05, 0) is 23.4 Å². The van der Waals surface area contributed by atoms with E-state index in [0.717, 1.165) is 13.0 Å². The van der Waals surface area contributed by atoms with Crippen molar-refractivity contribution in [1.29, 1.82) is 0 Å². The second kappa shape index (κ2) is 10.0. The van der Waals surface area contributed by atoms with E-state index in [0.29, 0.717) is 32.0 Å². The monoisotopic (exact) mass is 383 g/mol. The molecular formula is C20H25N5OS. The Morgan fingerprint density at radius 1 is 1.15 bits per heavy atom. The van der Waals surface area contributed by atoms with Gasteiger partial charge in [-0.25, -0.2) is 4.68 Å². The third kappa shape index (κ3) is 6.02. The van der Waals surface area contributed by atoms with E-state index in [1.807, 2.05) is 35.7 Å². The van der Waals surface area contributed by atoms with Crippen molar-refractivity contribution in [3.8, 4) is 0 Å². The van der Waals surface area contributed by atoms with E-state index in [9.17, 15) is 4.79 Å². The van der Waals surface area contributed by atoms with Gasteiger partial charge in [-0.2, -0.15) is 5.10 Å². The van der Waals surface area contributed by atoms with Gasteiger partial charge in [-0.15, -0.1) is 11.3 Å². The number of anilines is 1. The van der Waals surface area contributed by atoms with Gasteiger partial charge in [0, 0.05) is 30.6 Å². The molecule has 0 saturated carbocycles. The van der Waals surface area contributed by atoms with Crippen LogP contribution < -0.4 is 11.1 Å². The number of aromatic nitrogens is 2. The minimum absolute atomic E-state index is 0.0514. The zero-order valence-electron chi connectivity index (χ0n) is 15.3. The van der Waals surface area contributed by atoms with Crippen LogP contribution >= 0.6 is 11.3 Å². The lowest BCUT2D eigenvalue weighted by atomic mass is 10.1. The molecule has 0 radical (unpaired) electrons. The number of nitrogens with zero attached hydrogens (tertiary/aromatic N) is 3. The summed E-state index contributed by atoms with van der Waals surface area (Å²) in [5.41, 5.74) is 6.98. The fourth-order valence-electron chi connectivity index (χ4n) is 2.88. The fourth-order valence-corrected chi connectivity index (χ4v) is 3.57. The van der Waals surface area contributed by atoms with Gasteiger partial charge in [0.25, 0.3) is 0 Å². The van der Waals surface area contributed by atoms with E-state index < -0.39 is 0 Å². The summed E-state index contributed by atoms with van der Waals surface area (Å²) in [5.74, 6) is 0.661. The molecule has 0 spiro atoms. The number of amides is 1. The Morgan fingerprint density at radius 3 is 2.74 bits per heavy atom. The predicted molar refractivity (Wildman–Crippen MR) is 110 cm³/mol. The molecule has 1 amide bonds. The summed E-state index contributed by atoms with van der Waals surface area (Å²) >= 11 is 1.67. The Balaban J connectivity index is 1.54. The molecule has 3 N–H and O–H groups in total. The Morgan fingerprint density at radius 2 is 2.00 bits per heavy atom. The molecule has 0 aliphatic heterocycles. The van der Waals surface area contributed by atoms with Crippen molar-refractivity contribution in [3.63, 3.8) is 0 Å². The van der Waals surface area contributed by atoms with E-state index in [4.69, 9.17) is 5.73 Å². The molecule has 6 nitrogen and oxygen atoms in total. The molecule has 0 aliphatic rings. The van der Waals surface area contributed by atoms with Crippen molar-refractivity contribution in [2.45, 2.75) is 13.0 Å². The number of nitrogens with two attached hydrogens (primary N) is 1. The fraction of sp³-hybridized carbons (Fsp3) is 0.300. The summed E-state index contributed by atoms with van der Waals surface area (Å²) in [6, 6.07) is 16.2. The third-order valence-corrected chi connectivity index (χ3v) is 5.10. The van der Waals surface area contributed by atoms with Gasteiger partial charge in [-0.1, -0.05) is 36.4 Å². The molecule has 2 heterocycles. The first-order chi connectivity index (χ1) is 13.2. The van der Waals surface area contributed by atoms with Gasteiger partial charge in [0.2, 0.25) is 5.91 Å². The lowest BCUT2D eigenvalue weighted by molar-refractivity contribution is -0.117. The summed E-state index contributed by atoms with van der Waals surface area (Å²) in [7, 11) is 0. The normalized spacial score (nSPS) is 11.0.